The number of carboxylic acids is 1. The summed E-state index contributed by atoms with van der Waals surface area (Å²) in [5, 5.41) is 22.1. The van der Waals surface area contributed by atoms with Gasteiger partial charge >= 0.3 is 5.97 Å². The summed E-state index contributed by atoms with van der Waals surface area (Å²) in [5.41, 5.74) is 26.8. The predicted molar refractivity (Wildman–Crippen MR) is 187 cm³/mol. The van der Waals surface area contributed by atoms with Crippen molar-refractivity contribution < 1.29 is 38.7 Å². The summed E-state index contributed by atoms with van der Waals surface area (Å²) in [6.07, 6.45) is 1.60. The van der Waals surface area contributed by atoms with Crippen LogP contribution in [-0.2, 0) is 33.6 Å². The summed E-state index contributed by atoms with van der Waals surface area (Å²) in [6, 6.07) is -6.30. The van der Waals surface area contributed by atoms with Gasteiger partial charge in [0, 0.05) is 19.6 Å². The number of rotatable bonds is 21. The van der Waals surface area contributed by atoms with E-state index in [0.717, 1.165) is 0 Å². The van der Waals surface area contributed by atoms with Crippen LogP contribution >= 0.6 is 0 Å². The molecule has 6 amide bonds. The van der Waals surface area contributed by atoms with Crippen molar-refractivity contribution in [1.29, 1.82) is 0 Å². The van der Waals surface area contributed by atoms with Gasteiger partial charge in [-0.25, -0.2) is 4.79 Å². The monoisotopic (exact) mass is 725 g/mol. The molecule has 16 N–H and O–H groups in total. The highest BCUT2D eigenvalue weighted by Gasteiger charge is 2.37. The normalized spacial score (nSPS) is 16.7. The van der Waals surface area contributed by atoms with Crippen molar-refractivity contribution in [1.82, 2.24) is 31.5 Å². The summed E-state index contributed by atoms with van der Waals surface area (Å²) in [7, 11) is 0. The zero-order valence-electron chi connectivity index (χ0n) is 29.6. The zero-order valence-corrected chi connectivity index (χ0v) is 29.6. The summed E-state index contributed by atoms with van der Waals surface area (Å²) in [4.78, 5) is 98.1. The average Bonchev–Trinajstić information content (AvgIpc) is 3.54. The second-order valence-corrected chi connectivity index (χ2v) is 12.6. The fourth-order valence-corrected chi connectivity index (χ4v) is 5.07. The first-order chi connectivity index (χ1) is 23.8. The van der Waals surface area contributed by atoms with E-state index in [0.29, 0.717) is 19.3 Å². The summed E-state index contributed by atoms with van der Waals surface area (Å²) < 4.78 is 0. The van der Waals surface area contributed by atoms with E-state index in [2.05, 4.69) is 36.6 Å². The van der Waals surface area contributed by atoms with Crippen molar-refractivity contribution in [2.45, 2.75) is 102 Å². The van der Waals surface area contributed by atoms with Crippen LogP contribution in [0.5, 0.6) is 0 Å². The fraction of sp³-hybridized carbons (Fsp3) is 0.700. The maximum Gasteiger partial charge on any atom is 0.326 e. The Labute approximate surface area is 296 Å². The number of hydrogen-bond donors (Lipinski definition) is 11. The Hall–Kier alpha value is -5.21. The summed E-state index contributed by atoms with van der Waals surface area (Å²) in [5.74, 6) is -5.80. The molecule has 51 heavy (non-hydrogen) atoms. The van der Waals surface area contributed by atoms with Crippen LogP contribution in [0.4, 0.5) is 0 Å². The number of aliphatic carboxylic acids is 1. The van der Waals surface area contributed by atoms with Crippen LogP contribution in [0.1, 0.15) is 66.2 Å². The maximum atomic E-state index is 13.4. The number of amides is 6. The van der Waals surface area contributed by atoms with E-state index in [1.807, 2.05) is 0 Å². The topological polar surface area (TPSA) is 358 Å². The van der Waals surface area contributed by atoms with Crippen molar-refractivity contribution >= 4 is 53.3 Å². The number of nitrogens with two attached hydrogens (primary N) is 5. The van der Waals surface area contributed by atoms with Gasteiger partial charge in [-0.1, -0.05) is 13.8 Å². The minimum absolute atomic E-state index is 0.0387. The minimum Gasteiger partial charge on any atom is -0.480 e. The van der Waals surface area contributed by atoms with E-state index < -0.39 is 90.1 Å². The van der Waals surface area contributed by atoms with Gasteiger partial charge in [0.05, 0.1) is 12.6 Å². The van der Waals surface area contributed by atoms with E-state index in [1.54, 1.807) is 13.8 Å². The van der Waals surface area contributed by atoms with Crippen molar-refractivity contribution in [3.8, 4) is 0 Å². The average molecular weight is 726 g/mol. The lowest BCUT2D eigenvalue weighted by atomic mass is 10.0. The van der Waals surface area contributed by atoms with Gasteiger partial charge in [-0.2, -0.15) is 0 Å². The number of carbonyl (C=O) groups excluding carboxylic acids is 6. The van der Waals surface area contributed by atoms with E-state index in [4.69, 9.17) is 28.7 Å². The number of likely N-dealkylation sites (tertiary alicyclic amines) is 1. The Morgan fingerprint density at radius 2 is 1.33 bits per heavy atom. The SMILES string of the molecule is CC(C)[C@H](NC(=O)CNC(=O)[C@@H]1CCCN1C(=O)[C@H](C)NC(=O)[C@H](CCCN=C(N)N)NC(=O)[C@H](C)N)C(=O)N[C@@H](CCCN=C(N)N)C(=O)O. The lowest BCUT2D eigenvalue weighted by Crippen LogP contribution is -2.57. The number of nitrogens with one attached hydrogen (secondary N) is 5. The van der Waals surface area contributed by atoms with Crippen molar-refractivity contribution in [2.24, 2.45) is 44.6 Å². The molecule has 0 spiro atoms. The van der Waals surface area contributed by atoms with Crippen LogP contribution in [0.2, 0.25) is 0 Å². The van der Waals surface area contributed by atoms with Crippen LogP contribution in [0.3, 0.4) is 0 Å². The number of hydrogen-bond acceptors (Lipinski definition) is 10. The summed E-state index contributed by atoms with van der Waals surface area (Å²) in [6.45, 7) is 6.28. The number of aliphatic imine (C=N–C) groups is 2. The van der Waals surface area contributed by atoms with Crippen molar-refractivity contribution in [2.75, 3.05) is 26.2 Å². The van der Waals surface area contributed by atoms with Gasteiger partial charge in [-0.15, -0.1) is 0 Å². The van der Waals surface area contributed by atoms with Crippen LogP contribution in [-0.4, -0.2) is 126 Å². The molecule has 0 radical (unpaired) electrons. The van der Waals surface area contributed by atoms with Gasteiger partial charge in [0.1, 0.15) is 30.2 Å². The molecule has 288 valence electrons. The maximum absolute atomic E-state index is 13.4. The fourth-order valence-electron chi connectivity index (χ4n) is 5.07. The van der Waals surface area contributed by atoms with Gasteiger partial charge in [0.25, 0.3) is 0 Å². The molecule has 6 atom stereocenters. The third-order valence-corrected chi connectivity index (χ3v) is 7.81. The van der Waals surface area contributed by atoms with Crippen LogP contribution in [0, 0.1) is 5.92 Å². The number of carboxylic acid groups (broad SMARTS) is 1. The van der Waals surface area contributed by atoms with Crippen molar-refractivity contribution in [3.63, 3.8) is 0 Å². The second-order valence-electron chi connectivity index (χ2n) is 12.6. The Bertz CT molecular complexity index is 1300. The van der Waals surface area contributed by atoms with E-state index in [1.165, 1.54) is 18.7 Å². The first kappa shape index (κ1) is 43.8. The van der Waals surface area contributed by atoms with Gasteiger partial charge in [-0.3, -0.25) is 38.8 Å². The molecule has 0 aromatic heterocycles. The molecule has 0 saturated carbocycles. The molecule has 0 aliphatic carbocycles. The lowest BCUT2D eigenvalue weighted by Gasteiger charge is -2.28. The van der Waals surface area contributed by atoms with Gasteiger partial charge in [0.2, 0.25) is 35.4 Å². The lowest BCUT2D eigenvalue weighted by molar-refractivity contribution is -0.142. The van der Waals surface area contributed by atoms with E-state index >= 15 is 0 Å². The molecule has 1 saturated heterocycles. The number of guanidine groups is 2. The minimum atomic E-state index is -1.27. The molecule has 1 fully saturated rings. The molecule has 1 aliphatic rings. The highest BCUT2D eigenvalue weighted by Crippen LogP contribution is 2.19. The van der Waals surface area contributed by atoms with Gasteiger partial charge < -0.3 is 65.3 Å². The van der Waals surface area contributed by atoms with Gasteiger partial charge in [-0.05, 0) is 58.3 Å². The first-order valence-electron chi connectivity index (χ1n) is 16.7. The van der Waals surface area contributed by atoms with Crippen molar-refractivity contribution in [3.05, 3.63) is 0 Å². The highest BCUT2D eigenvalue weighted by atomic mass is 16.4. The first-order valence-corrected chi connectivity index (χ1v) is 16.7. The van der Waals surface area contributed by atoms with Gasteiger partial charge in [0.15, 0.2) is 11.9 Å². The Kier molecular flexibility index (Phi) is 18.7. The number of nitrogens with zero attached hydrogens (tertiary/aromatic N) is 3. The highest BCUT2D eigenvalue weighted by molar-refractivity contribution is 5.96. The Morgan fingerprint density at radius 3 is 1.84 bits per heavy atom. The number of carbonyl (C=O) groups is 7. The molecule has 0 aromatic carbocycles. The third-order valence-electron chi connectivity index (χ3n) is 7.81. The zero-order chi connectivity index (χ0) is 38.8. The molecule has 0 aromatic rings. The predicted octanol–water partition coefficient (Wildman–Crippen LogP) is -4.75. The molecule has 0 unspecified atom stereocenters. The summed E-state index contributed by atoms with van der Waals surface area (Å²) >= 11 is 0. The molecule has 1 aliphatic heterocycles. The third kappa shape index (κ3) is 15.9. The molecular weight excluding hydrogens is 670 g/mol. The Morgan fingerprint density at radius 1 is 0.784 bits per heavy atom. The Balaban J connectivity index is 2.81. The van der Waals surface area contributed by atoms with Crippen LogP contribution < -0.4 is 55.3 Å². The van der Waals surface area contributed by atoms with Crippen LogP contribution in [0.15, 0.2) is 9.98 Å². The second kappa shape index (κ2) is 21.8. The molecular formula is C30H55N13O8. The molecule has 21 nitrogen and oxygen atoms in total. The van der Waals surface area contributed by atoms with Crippen LogP contribution in [0.25, 0.3) is 0 Å². The molecule has 1 rings (SSSR count). The molecule has 0 bridgehead atoms. The molecule has 1 heterocycles. The molecule has 21 heteroatoms. The smallest absolute Gasteiger partial charge is 0.326 e. The van der Waals surface area contributed by atoms with E-state index in [-0.39, 0.29) is 50.8 Å². The standard InChI is InChI=1S/C30H55N13O8/c1-15(2)22(26(48)41-19(28(50)51)9-6-12-37-30(34)35)42-21(44)14-38-25(47)20-10-7-13-43(20)27(49)17(4)39-24(46)18(40-23(45)16(3)31)8-5-11-36-29(32)33/h15-20,22H,5-14,31H2,1-4H3,(H,38,47)(H,39,46)(H,40,45)(H,41,48)(H,42,44)(H,50,51)(H4,32,33,36)(H4,34,35,37)/t16-,17-,18-,19-,20-,22-/m0/s1. The quantitative estimate of drug-likeness (QED) is 0.0301. The van der Waals surface area contributed by atoms with E-state index in [9.17, 15) is 38.7 Å². The largest absolute Gasteiger partial charge is 0.480 e.